The Bertz CT molecular complexity index is 659. The Morgan fingerprint density at radius 2 is 2.35 bits per heavy atom. The van der Waals surface area contributed by atoms with Crippen molar-refractivity contribution >= 4 is 17.7 Å². The van der Waals surface area contributed by atoms with Gasteiger partial charge in [-0.15, -0.1) is 0 Å². The number of amides is 2. The van der Waals surface area contributed by atoms with E-state index in [9.17, 15) is 4.79 Å². The number of pyridine rings is 1. The number of hydrogen-bond donors (Lipinski definition) is 1. The molecule has 0 aromatic carbocycles. The number of carbonyl (C=O) groups is 1. The first-order valence-corrected chi connectivity index (χ1v) is 7.39. The summed E-state index contributed by atoms with van der Waals surface area (Å²) in [6.07, 6.45) is 3.86. The monoisotopic (exact) mass is 317 g/mol. The zero-order valence-electron chi connectivity index (χ0n) is 13.1. The second-order valence-electron chi connectivity index (χ2n) is 5.51. The third kappa shape index (κ3) is 3.53. The van der Waals surface area contributed by atoms with Crippen molar-refractivity contribution in [3.05, 3.63) is 30.7 Å². The molecule has 1 aliphatic rings. The number of nitrogens with zero attached hydrogens (tertiary/aromatic N) is 4. The molecule has 2 amide bonds. The van der Waals surface area contributed by atoms with E-state index in [1.165, 1.54) is 6.26 Å². The molecule has 8 nitrogen and oxygen atoms in total. The Labute approximate surface area is 134 Å². The molecule has 23 heavy (non-hydrogen) atoms. The van der Waals surface area contributed by atoms with Gasteiger partial charge in [0.2, 0.25) is 0 Å². The number of aromatic nitrogens is 2. The van der Waals surface area contributed by atoms with Crippen LogP contribution in [-0.4, -0.2) is 54.4 Å². The number of carbonyl (C=O) groups excluding carboxylic acids is 1. The lowest BCUT2D eigenvalue weighted by Gasteiger charge is -2.20. The van der Waals surface area contributed by atoms with Crippen LogP contribution in [0.1, 0.15) is 6.42 Å². The molecule has 3 heterocycles. The third-order valence-electron chi connectivity index (χ3n) is 3.57. The quantitative estimate of drug-likeness (QED) is 0.926. The molecular formula is C15H19N5O3. The maximum absolute atomic E-state index is 12.1. The molecule has 1 fully saturated rings. The van der Waals surface area contributed by atoms with Crippen LogP contribution in [0.5, 0.6) is 5.75 Å². The lowest BCUT2D eigenvalue weighted by atomic mass is 10.3. The number of nitrogens with one attached hydrogen (secondary N) is 1. The van der Waals surface area contributed by atoms with E-state index in [1.54, 1.807) is 17.2 Å². The van der Waals surface area contributed by atoms with Crippen LogP contribution in [-0.2, 0) is 0 Å². The largest absolute Gasteiger partial charge is 0.485 e. The fraction of sp³-hybridized carbons (Fsp3) is 0.400. The fourth-order valence-electron chi connectivity index (χ4n) is 2.46. The van der Waals surface area contributed by atoms with Crippen LogP contribution in [0.3, 0.4) is 0 Å². The first-order valence-electron chi connectivity index (χ1n) is 7.39. The Kier molecular flexibility index (Phi) is 4.31. The molecule has 8 heteroatoms. The summed E-state index contributed by atoms with van der Waals surface area (Å²) in [7, 11) is 3.84. The van der Waals surface area contributed by atoms with Crippen LogP contribution in [0.25, 0.3) is 0 Å². The Balaban J connectivity index is 1.59. The van der Waals surface area contributed by atoms with Gasteiger partial charge in [-0.25, -0.2) is 9.78 Å². The van der Waals surface area contributed by atoms with E-state index in [-0.39, 0.29) is 12.1 Å². The van der Waals surface area contributed by atoms with E-state index in [0.29, 0.717) is 18.9 Å². The second kappa shape index (κ2) is 6.55. The normalized spacial score (nSPS) is 17.1. The Hall–Kier alpha value is -2.77. The van der Waals surface area contributed by atoms with Gasteiger partial charge in [0, 0.05) is 39.3 Å². The number of rotatable bonds is 4. The SMILES string of the molecule is CN(C)c1ncccc1O[C@@H]1CCN(C(=O)Nc2ccon2)C1. The zero-order chi connectivity index (χ0) is 16.2. The van der Waals surface area contributed by atoms with Crippen molar-refractivity contribution in [1.82, 2.24) is 15.0 Å². The number of ether oxygens (including phenoxy) is 1. The van der Waals surface area contributed by atoms with Gasteiger partial charge in [-0.1, -0.05) is 5.16 Å². The molecule has 122 valence electrons. The third-order valence-corrected chi connectivity index (χ3v) is 3.57. The molecule has 0 bridgehead atoms. The van der Waals surface area contributed by atoms with E-state index >= 15 is 0 Å². The molecule has 1 N–H and O–H groups in total. The molecule has 1 saturated heterocycles. The molecule has 1 aliphatic heterocycles. The van der Waals surface area contributed by atoms with Crippen molar-refractivity contribution in [2.75, 3.05) is 37.4 Å². The van der Waals surface area contributed by atoms with E-state index in [2.05, 4.69) is 15.5 Å². The molecule has 0 aliphatic carbocycles. The highest BCUT2D eigenvalue weighted by molar-refractivity contribution is 5.88. The van der Waals surface area contributed by atoms with Gasteiger partial charge in [0.1, 0.15) is 12.4 Å². The fourth-order valence-corrected chi connectivity index (χ4v) is 2.46. The van der Waals surface area contributed by atoms with Gasteiger partial charge in [0.25, 0.3) is 0 Å². The summed E-state index contributed by atoms with van der Waals surface area (Å²) < 4.78 is 10.7. The number of hydrogen-bond acceptors (Lipinski definition) is 6. The van der Waals surface area contributed by atoms with Gasteiger partial charge < -0.3 is 19.1 Å². The van der Waals surface area contributed by atoms with Crippen LogP contribution < -0.4 is 15.0 Å². The number of likely N-dealkylation sites (tertiary alicyclic amines) is 1. The topological polar surface area (TPSA) is 83.7 Å². The molecule has 2 aromatic heterocycles. The predicted molar refractivity (Wildman–Crippen MR) is 84.7 cm³/mol. The summed E-state index contributed by atoms with van der Waals surface area (Å²) in [4.78, 5) is 20.1. The Morgan fingerprint density at radius 3 is 3.09 bits per heavy atom. The van der Waals surface area contributed by atoms with Crippen molar-refractivity contribution in [2.45, 2.75) is 12.5 Å². The highest BCUT2D eigenvalue weighted by Crippen LogP contribution is 2.26. The number of anilines is 2. The summed E-state index contributed by atoms with van der Waals surface area (Å²) in [5.74, 6) is 1.90. The average Bonchev–Trinajstić information content (AvgIpc) is 3.19. The minimum atomic E-state index is -0.205. The van der Waals surface area contributed by atoms with Crippen molar-refractivity contribution in [1.29, 1.82) is 0 Å². The summed E-state index contributed by atoms with van der Waals surface area (Å²) in [5.41, 5.74) is 0. The maximum Gasteiger partial charge on any atom is 0.323 e. The van der Waals surface area contributed by atoms with Gasteiger partial charge in [0.05, 0.1) is 6.54 Å². The van der Waals surface area contributed by atoms with Gasteiger partial charge >= 0.3 is 6.03 Å². The molecule has 2 aromatic rings. The molecule has 3 rings (SSSR count). The molecule has 0 spiro atoms. The highest BCUT2D eigenvalue weighted by atomic mass is 16.5. The van der Waals surface area contributed by atoms with Crippen molar-refractivity contribution < 1.29 is 14.1 Å². The molecule has 0 saturated carbocycles. The maximum atomic E-state index is 12.1. The van der Waals surface area contributed by atoms with Crippen LogP contribution >= 0.6 is 0 Å². The van der Waals surface area contributed by atoms with Crippen molar-refractivity contribution in [2.24, 2.45) is 0 Å². The minimum absolute atomic E-state index is 0.0547. The lowest BCUT2D eigenvalue weighted by Crippen LogP contribution is -2.34. The van der Waals surface area contributed by atoms with Crippen LogP contribution in [0.4, 0.5) is 16.4 Å². The summed E-state index contributed by atoms with van der Waals surface area (Å²) in [6.45, 7) is 1.15. The first kappa shape index (κ1) is 15.1. The standard InChI is InChI=1S/C15H19N5O3/c1-19(2)14-12(4-3-7-16-14)23-11-5-8-20(10-11)15(21)17-13-6-9-22-18-13/h3-4,6-7,9,11H,5,8,10H2,1-2H3,(H,17,18,21)/t11-/m1/s1. The molecule has 0 radical (unpaired) electrons. The first-order chi connectivity index (χ1) is 11.1. The van der Waals surface area contributed by atoms with Gasteiger partial charge in [-0.05, 0) is 12.1 Å². The lowest BCUT2D eigenvalue weighted by molar-refractivity contribution is 0.194. The summed E-state index contributed by atoms with van der Waals surface area (Å²) in [5, 5.41) is 6.35. The predicted octanol–water partition coefficient (Wildman–Crippen LogP) is 1.82. The summed E-state index contributed by atoms with van der Waals surface area (Å²) >= 11 is 0. The second-order valence-corrected chi connectivity index (χ2v) is 5.51. The van der Waals surface area contributed by atoms with E-state index in [4.69, 9.17) is 9.26 Å². The van der Waals surface area contributed by atoms with Crippen molar-refractivity contribution in [3.8, 4) is 5.75 Å². The van der Waals surface area contributed by atoms with Crippen LogP contribution in [0.2, 0.25) is 0 Å². The van der Waals surface area contributed by atoms with Crippen molar-refractivity contribution in [3.63, 3.8) is 0 Å². The van der Waals surface area contributed by atoms with E-state index in [1.807, 2.05) is 31.1 Å². The zero-order valence-corrected chi connectivity index (χ0v) is 13.1. The average molecular weight is 317 g/mol. The number of urea groups is 1. The summed E-state index contributed by atoms with van der Waals surface area (Å²) in [6, 6.07) is 5.12. The molecule has 1 atom stereocenters. The van der Waals surface area contributed by atoms with E-state index < -0.39 is 0 Å². The smallest absolute Gasteiger partial charge is 0.323 e. The van der Waals surface area contributed by atoms with E-state index in [0.717, 1.165) is 18.0 Å². The van der Waals surface area contributed by atoms with Crippen LogP contribution in [0, 0.1) is 0 Å². The van der Waals surface area contributed by atoms with Gasteiger partial charge in [0.15, 0.2) is 17.4 Å². The van der Waals surface area contributed by atoms with Crippen LogP contribution in [0.15, 0.2) is 35.2 Å². The molecule has 0 unspecified atom stereocenters. The van der Waals surface area contributed by atoms with Gasteiger partial charge in [-0.2, -0.15) is 0 Å². The molecular weight excluding hydrogens is 298 g/mol. The van der Waals surface area contributed by atoms with Gasteiger partial charge in [-0.3, -0.25) is 5.32 Å². The Morgan fingerprint density at radius 1 is 1.48 bits per heavy atom. The minimum Gasteiger partial charge on any atom is -0.485 e. The highest BCUT2D eigenvalue weighted by Gasteiger charge is 2.28.